The van der Waals surface area contributed by atoms with Gasteiger partial charge >= 0.3 is 0 Å². The fourth-order valence-corrected chi connectivity index (χ4v) is 2.34. The van der Waals surface area contributed by atoms with E-state index in [1.54, 1.807) is 6.07 Å². The normalized spacial score (nSPS) is 13.0. The molecule has 1 aliphatic carbocycles. The van der Waals surface area contributed by atoms with Crippen LogP contribution in [0.3, 0.4) is 0 Å². The molecule has 4 heteroatoms. The lowest BCUT2D eigenvalue weighted by molar-refractivity contribution is 0.103. The Bertz CT molecular complexity index is 674. The van der Waals surface area contributed by atoms with Crippen molar-refractivity contribution < 1.29 is 20.1 Å². The predicted octanol–water partition coefficient (Wildman–Crippen LogP) is 1.94. The van der Waals surface area contributed by atoms with Gasteiger partial charge in [-0.1, -0.05) is 6.07 Å². The maximum atomic E-state index is 12.2. The number of fused-ring (bicyclic) bond motifs is 2. The van der Waals surface area contributed by atoms with Gasteiger partial charge in [-0.3, -0.25) is 4.79 Å². The van der Waals surface area contributed by atoms with Gasteiger partial charge in [-0.15, -0.1) is 0 Å². The molecule has 18 heavy (non-hydrogen) atoms. The quantitative estimate of drug-likeness (QED) is 0.563. The first kappa shape index (κ1) is 10.7. The summed E-state index contributed by atoms with van der Waals surface area (Å²) in [4.78, 5) is 12.2. The van der Waals surface area contributed by atoms with Gasteiger partial charge in [0.05, 0.1) is 5.56 Å². The number of hydrogen-bond donors (Lipinski definition) is 3. The van der Waals surface area contributed by atoms with Crippen molar-refractivity contribution in [2.24, 2.45) is 0 Å². The number of aromatic hydroxyl groups is 3. The maximum absolute atomic E-state index is 12.2. The highest BCUT2D eigenvalue weighted by Crippen LogP contribution is 2.36. The summed E-state index contributed by atoms with van der Waals surface area (Å²) in [6, 6.07) is 7.20. The smallest absolute Gasteiger partial charge is 0.197 e. The van der Waals surface area contributed by atoms with Crippen LogP contribution in [0.5, 0.6) is 17.2 Å². The van der Waals surface area contributed by atoms with E-state index in [2.05, 4.69) is 0 Å². The first-order valence-corrected chi connectivity index (χ1v) is 5.47. The van der Waals surface area contributed by atoms with Gasteiger partial charge in [0.1, 0.15) is 17.2 Å². The second-order valence-corrected chi connectivity index (χ2v) is 4.35. The minimum absolute atomic E-state index is 0.0174. The van der Waals surface area contributed by atoms with E-state index >= 15 is 0 Å². The number of benzene rings is 2. The number of phenols is 3. The van der Waals surface area contributed by atoms with Crippen LogP contribution >= 0.6 is 0 Å². The maximum Gasteiger partial charge on any atom is 0.197 e. The first-order chi connectivity index (χ1) is 8.56. The largest absolute Gasteiger partial charge is 0.508 e. The summed E-state index contributed by atoms with van der Waals surface area (Å²) in [6.45, 7) is 0. The fraction of sp³-hybridized carbons (Fsp3) is 0.0714. The zero-order valence-electron chi connectivity index (χ0n) is 9.34. The van der Waals surface area contributed by atoms with E-state index in [0.29, 0.717) is 17.5 Å². The lowest BCUT2D eigenvalue weighted by atomic mass is 9.84. The molecule has 0 amide bonds. The average Bonchev–Trinajstić information content (AvgIpc) is 2.29. The summed E-state index contributed by atoms with van der Waals surface area (Å²) in [6.07, 6.45) is 0.443. The van der Waals surface area contributed by atoms with Crippen molar-refractivity contribution in [3.8, 4) is 17.2 Å². The lowest BCUT2D eigenvalue weighted by Gasteiger charge is -2.19. The summed E-state index contributed by atoms with van der Waals surface area (Å²) in [7, 11) is 0. The molecular weight excluding hydrogens is 232 g/mol. The molecule has 3 rings (SSSR count). The van der Waals surface area contributed by atoms with Gasteiger partial charge in [0.15, 0.2) is 5.78 Å². The lowest BCUT2D eigenvalue weighted by Crippen LogP contribution is -2.15. The molecule has 4 nitrogen and oxygen atoms in total. The van der Waals surface area contributed by atoms with Crippen LogP contribution in [0, 0.1) is 0 Å². The van der Waals surface area contributed by atoms with E-state index < -0.39 is 0 Å². The highest BCUT2D eigenvalue weighted by atomic mass is 16.3. The second-order valence-electron chi connectivity index (χ2n) is 4.35. The molecule has 3 N–H and O–H groups in total. The molecule has 0 heterocycles. The van der Waals surface area contributed by atoms with Crippen LogP contribution in [0.15, 0.2) is 30.3 Å². The molecule has 0 saturated carbocycles. The van der Waals surface area contributed by atoms with Gasteiger partial charge < -0.3 is 15.3 Å². The van der Waals surface area contributed by atoms with E-state index in [1.165, 1.54) is 18.2 Å². The van der Waals surface area contributed by atoms with Crippen molar-refractivity contribution in [1.29, 1.82) is 0 Å². The van der Waals surface area contributed by atoms with Crippen molar-refractivity contribution >= 4 is 5.78 Å². The highest BCUT2D eigenvalue weighted by Gasteiger charge is 2.27. The minimum atomic E-state index is -0.334. The van der Waals surface area contributed by atoms with Crippen LogP contribution < -0.4 is 0 Å². The van der Waals surface area contributed by atoms with E-state index in [4.69, 9.17) is 0 Å². The Morgan fingerprint density at radius 2 is 1.67 bits per heavy atom. The summed E-state index contributed by atoms with van der Waals surface area (Å²) in [5.41, 5.74) is 1.96. The van der Waals surface area contributed by atoms with E-state index in [9.17, 15) is 20.1 Å². The standard InChI is InChI=1S/C14H10O4/c15-9-2-1-7-3-8-4-10(16)6-12(17)13(8)14(18)11(7)5-9/h1-2,4-6,15-17H,3H2. The molecule has 0 saturated heterocycles. The van der Waals surface area contributed by atoms with Crippen molar-refractivity contribution in [3.63, 3.8) is 0 Å². The average molecular weight is 242 g/mol. The Hall–Kier alpha value is -2.49. The fourth-order valence-electron chi connectivity index (χ4n) is 2.34. The molecule has 2 aromatic carbocycles. The summed E-state index contributed by atoms with van der Waals surface area (Å²) in [5.74, 6) is -0.617. The van der Waals surface area contributed by atoms with E-state index in [1.807, 2.05) is 0 Å². The third-order valence-electron chi connectivity index (χ3n) is 3.13. The van der Waals surface area contributed by atoms with Crippen LogP contribution in [0.4, 0.5) is 0 Å². The molecule has 0 aromatic heterocycles. The molecule has 0 bridgehead atoms. The third-order valence-corrected chi connectivity index (χ3v) is 3.13. The van der Waals surface area contributed by atoms with Crippen molar-refractivity contribution in [1.82, 2.24) is 0 Å². The van der Waals surface area contributed by atoms with Crippen LogP contribution in [-0.4, -0.2) is 21.1 Å². The molecule has 0 atom stereocenters. The van der Waals surface area contributed by atoms with E-state index in [-0.39, 0.29) is 28.6 Å². The monoisotopic (exact) mass is 242 g/mol. The van der Waals surface area contributed by atoms with Gasteiger partial charge in [-0.2, -0.15) is 0 Å². The zero-order chi connectivity index (χ0) is 12.9. The molecule has 0 unspecified atom stereocenters. The Labute approximate surface area is 103 Å². The number of rotatable bonds is 0. The van der Waals surface area contributed by atoms with Crippen LogP contribution in [0.1, 0.15) is 27.0 Å². The topological polar surface area (TPSA) is 77.8 Å². The van der Waals surface area contributed by atoms with Crippen LogP contribution in [0.2, 0.25) is 0 Å². The summed E-state index contributed by atoms with van der Waals surface area (Å²) < 4.78 is 0. The van der Waals surface area contributed by atoms with Gasteiger partial charge in [-0.05, 0) is 35.7 Å². The van der Waals surface area contributed by atoms with Gasteiger partial charge in [0.2, 0.25) is 0 Å². The molecule has 1 aliphatic rings. The number of carbonyl (C=O) groups is 1. The van der Waals surface area contributed by atoms with Gasteiger partial charge in [0.25, 0.3) is 0 Å². The molecule has 2 aromatic rings. The van der Waals surface area contributed by atoms with Crippen LogP contribution in [-0.2, 0) is 6.42 Å². The van der Waals surface area contributed by atoms with Gasteiger partial charge in [0, 0.05) is 11.6 Å². The molecule has 0 spiro atoms. The Morgan fingerprint density at radius 3 is 2.44 bits per heavy atom. The zero-order valence-corrected chi connectivity index (χ0v) is 9.34. The van der Waals surface area contributed by atoms with E-state index in [0.717, 1.165) is 11.6 Å². The molecule has 0 aliphatic heterocycles. The van der Waals surface area contributed by atoms with Crippen molar-refractivity contribution in [2.45, 2.75) is 6.42 Å². The molecule has 0 radical (unpaired) electrons. The molecule has 0 fully saturated rings. The molecule has 90 valence electrons. The summed E-state index contributed by atoms with van der Waals surface area (Å²) in [5, 5.41) is 28.6. The number of carbonyl (C=O) groups excluding carboxylic acids is 1. The number of hydrogen-bond acceptors (Lipinski definition) is 4. The van der Waals surface area contributed by atoms with Crippen molar-refractivity contribution in [3.05, 3.63) is 52.6 Å². The predicted molar refractivity (Wildman–Crippen MR) is 64.1 cm³/mol. The molecular formula is C14H10O4. The Morgan fingerprint density at radius 1 is 0.889 bits per heavy atom. The van der Waals surface area contributed by atoms with Gasteiger partial charge in [-0.25, -0.2) is 0 Å². The number of ketones is 1. The third kappa shape index (κ3) is 1.43. The second kappa shape index (κ2) is 3.50. The van der Waals surface area contributed by atoms with Crippen molar-refractivity contribution in [2.75, 3.05) is 0 Å². The first-order valence-electron chi connectivity index (χ1n) is 5.47. The Kier molecular flexibility index (Phi) is 2.07. The minimum Gasteiger partial charge on any atom is -0.508 e. The number of phenolic OH excluding ortho intramolecular Hbond substituents is 3. The SMILES string of the molecule is O=C1c2cc(O)ccc2Cc2cc(O)cc(O)c21. The summed E-state index contributed by atoms with van der Waals surface area (Å²) >= 11 is 0. The Balaban J connectivity index is 2.25. The van der Waals surface area contributed by atoms with Crippen LogP contribution in [0.25, 0.3) is 0 Å². The highest BCUT2D eigenvalue weighted by molar-refractivity contribution is 6.14.